The molecule has 2 N–H and O–H groups in total. The van der Waals surface area contributed by atoms with Crippen molar-refractivity contribution >= 4 is 35.2 Å². The highest BCUT2D eigenvalue weighted by molar-refractivity contribution is 8.02. The molecule has 6 nitrogen and oxygen atoms in total. The quantitative estimate of drug-likeness (QED) is 0.801. The molecule has 0 radical (unpaired) electrons. The lowest BCUT2D eigenvalue weighted by atomic mass is 10.1. The van der Waals surface area contributed by atoms with Gasteiger partial charge >= 0.3 is 0 Å². The van der Waals surface area contributed by atoms with Crippen LogP contribution in [0.15, 0.2) is 53.4 Å². The molecule has 2 aromatic carbocycles. The van der Waals surface area contributed by atoms with Crippen LogP contribution in [0.25, 0.3) is 0 Å². The fraction of sp³-hybridized carbons (Fsp3) is 0.250. The van der Waals surface area contributed by atoms with Crippen LogP contribution in [0, 0.1) is 0 Å². The average Bonchev–Trinajstić information content (AvgIpc) is 3.21. The molecule has 2 heterocycles. The summed E-state index contributed by atoms with van der Waals surface area (Å²) in [4.78, 5) is 39.1. The number of aryl methyl sites for hydroxylation is 1. The van der Waals surface area contributed by atoms with Crippen molar-refractivity contribution in [3.8, 4) is 0 Å². The second-order valence-corrected chi connectivity index (χ2v) is 7.86. The Morgan fingerprint density at radius 3 is 2.59 bits per heavy atom. The molecule has 2 aliphatic heterocycles. The first-order valence-electron chi connectivity index (χ1n) is 8.86. The first-order chi connectivity index (χ1) is 13.0. The van der Waals surface area contributed by atoms with Crippen LogP contribution in [-0.2, 0) is 16.0 Å². The summed E-state index contributed by atoms with van der Waals surface area (Å²) < 4.78 is 0. The van der Waals surface area contributed by atoms with Crippen LogP contribution in [0.2, 0.25) is 0 Å². The Morgan fingerprint density at radius 2 is 1.85 bits per heavy atom. The van der Waals surface area contributed by atoms with Crippen molar-refractivity contribution in [2.24, 2.45) is 0 Å². The van der Waals surface area contributed by atoms with E-state index in [0.717, 1.165) is 22.6 Å². The van der Waals surface area contributed by atoms with Gasteiger partial charge in [0.2, 0.25) is 5.91 Å². The number of para-hydroxylation sites is 1. The van der Waals surface area contributed by atoms with Crippen LogP contribution in [0.3, 0.4) is 0 Å². The zero-order valence-electron chi connectivity index (χ0n) is 14.8. The maximum absolute atomic E-state index is 13.0. The highest BCUT2D eigenvalue weighted by Crippen LogP contribution is 2.55. The van der Waals surface area contributed by atoms with Crippen molar-refractivity contribution in [2.45, 2.75) is 36.0 Å². The normalized spacial score (nSPS) is 20.2. The summed E-state index contributed by atoms with van der Waals surface area (Å²) in [5, 5.41) is 0. The van der Waals surface area contributed by atoms with Gasteiger partial charge in [-0.1, -0.05) is 43.0 Å². The van der Waals surface area contributed by atoms with Gasteiger partial charge < -0.3 is 0 Å². The molecule has 1 atom stereocenters. The highest BCUT2D eigenvalue weighted by atomic mass is 32.2. The zero-order chi connectivity index (χ0) is 19.0. The molecule has 2 aromatic rings. The summed E-state index contributed by atoms with van der Waals surface area (Å²) in [6, 6.07) is 14.7. The number of nitrogens with zero attached hydrogens (tertiary/aromatic N) is 1. The number of anilines is 1. The fourth-order valence-electron chi connectivity index (χ4n) is 3.47. The number of carbonyl (C=O) groups excluding carboxylic acids is 3. The number of thioether (sulfide) groups is 1. The van der Waals surface area contributed by atoms with Crippen LogP contribution < -0.4 is 15.8 Å². The third-order valence-corrected chi connectivity index (χ3v) is 6.42. The lowest BCUT2D eigenvalue weighted by Gasteiger charge is -2.29. The van der Waals surface area contributed by atoms with Crippen molar-refractivity contribution in [1.82, 2.24) is 10.9 Å². The molecule has 1 unspecified atom stereocenters. The van der Waals surface area contributed by atoms with Gasteiger partial charge in [-0.05, 0) is 42.7 Å². The Balaban J connectivity index is 1.49. The molecular formula is C20H19N3O3S. The standard InChI is InChI=1S/C20H19N3O3S/c1-2-13-7-9-14(10-8-13)18(25)21-22-19(26)20-12-11-17(24)23(20)15-5-3-4-6-16(15)27-20/h3-10H,2,11-12H2,1H3,(H,21,25)(H,22,26). The minimum absolute atomic E-state index is 0.0796. The Labute approximate surface area is 161 Å². The van der Waals surface area contributed by atoms with E-state index in [9.17, 15) is 14.4 Å². The topological polar surface area (TPSA) is 78.5 Å². The predicted molar refractivity (Wildman–Crippen MR) is 103 cm³/mol. The third kappa shape index (κ3) is 2.88. The van der Waals surface area contributed by atoms with Gasteiger partial charge in [-0.2, -0.15) is 0 Å². The maximum Gasteiger partial charge on any atom is 0.275 e. The zero-order valence-corrected chi connectivity index (χ0v) is 15.6. The van der Waals surface area contributed by atoms with Crippen molar-refractivity contribution < 1.29 is 14.4 Å². The van der Waals surface area contributed by atoms with E-state index in [2.05, 4.69) is 10.9 Å². The Kier molecular flexibility index (Phi) is 4.39. The van der Waals surface area contributed by atoms with Gasteiger partial charge in [-0.3, -0.25) is 30.1 Å². The molecule has 1 saturated heterocycles. The summed E-state index contributed by atoms with van der Waals surface area (Å²) in [5.74, 6) is -0.865. The number of nitrogens with one attached hydrogen (secondary N) is 2. The maximum atomic E-state index is 13.0. The van der Waals surface area contributed by atoms with E-state index >= 15 is 0 Å². The molecule has 4 rings (SSSR count). The van der Waals surface area contributed by atoms with Gasteiger partial charge in [-0.15, -0.1) is 0 Å². The van der Waals surface area contributed by atoms with Crippen LogP contribution in [0.5, 0.6) is 0 Å². The second-order valence-electron chi connectivity index (χ2n) is 6.54. The van der Waals surface area contributed by atoms with E-state index in [1.165, 1.54) is 11.8 Å². The summed E-state index contributed by atoms with van der Waals surface area (Å²) in [6.07, 6.45) is 1.60. The van der Waals surface area contributed by atoms with Gasteiger partial charge in [0.05, 0.1) is 5.69 Å². The Hall–Kier alpha value is -2.80. The number of hydrazine groups is 1. The molecule has 1 fully saturated rings. The van der Waals surface area contributed by atoms with E-state index in [-0.39, 0.29) is 5.91 Å². The molecule has 0 bridgehead atoms. The van der Waals surface area contributed by atoms with Gasteiger partial charge in [-0.25, -0.2) is 0 Å². The smallest absolute Gasteiger partial charge is 0.275 e. The van der Waals surface area contributed by atoms with Crippen LogP contribution in [0.4, 0.5) is 5.69 Å². The minimum atomic E-state index is -1.04. The molecule has 3 amide bonds. The number of hydrogen-bond donors (Lipinski definition) is 2. The summed E-state index contributed by atoms with van der Waals surface area (Å²) >= 11 is 1.36. The Morgan fingerprint density at radius 1 is 1.11 bits per heavy atom. The van der Waals surface area contributed by atoms with Crippen LogP contribution in [0.1, 0.15) is 35.7 Å². The monoisotopic (exact) mass is 381 g/mol. The summed E-state index contributed by atoms with van der Waals surface area (Å²) in [5.41, 5.74) is 7.34. The Bertz CT molecular complexity index is 928. The minimum Gasteiger partial charge on any atom is -0.287 e. The largest absolute Gasteiger partial charge is 0.287 e. The number of amides is 3. The number of carbonyl (C=O) groups is 3. The molecule has 2 aliphatic rings. The van der Waals surface area contributed by atoms with Gasteiger partial charge in [0.25, 0.3) is 11.8 Å². The third-order valence-electron chi connectivity index (χ3n) is 4.94. The summed E-state index contributed by atoms with van der Waals surface area (Å²) in [6.45, 7) is 2.04. The first-order valence-corrected chi connectivity index (χ1v) is 9.67. The van der Waals surface area contributed by atoms with E-state index in [1.54, 1.807) is 17.0 Å². The molecule has 0 spiro atoms. The number of benzene rings is 2. The van der Waals surface area contributed by atoms with E-state index in [4.69, 9.17) is 0 Å². The summed E-state index contributed by atoms with van der Waals surface area (Å²) in [7, 11) is 0. The number of fused-ring (bicyclic) bond motifs is 3. The highest BCUT2D eigenvalue weighted by Gasteiger charge is 2.57. The lowest BCUT2D eigenvalue weighted by molar-refractivity contribution is -0.125. The molecule has 7 heteroatoms. The molecule has 0 aromatic heterocycles. The predicted octanol–water partition coefficient (Wildman–Crippen LogP) is 2.64. The van der Waals surface area contributed by atoms with E-state index in [0.29, 0.717) is 18.4 Å². The van der Waals surface area contributed by atoms with Gasteiger partial charge in [0.1, 0.15) is 0 Å². The van der Waals surface area contributed by atoms with E-state index < -0.39 is 16.7 Å². The molecule has 0 aliphatic carbocycles. The van der Waals surface area contributed by atoms with Crippen LogP contribution in [-0.4, -0.2) is 22.6 Å². The van der Waals surface area contributed by atoms with Gasteiger partial charge in [0, 0.05) is 16.9 Å². The van der Waals surface area contributed by atoms with Crippen molar-refractivity contribution in [1.29, 1.82) is 0 Å². The van der Waals surface area contributed by atoms with Gasteiger partial charge in [0.15, 0.2) is 4.87 Å². The van der Waals surface area contributed by atoms with Crippen molar-refractivity contribution in [2.75, 3.05) is 4.90 Å². The molecule has 27 heavy (non-hydrogen) atoms. The van der Waals surface area contributed by atoms with E-state index in [1.807, 2.05) is 43.3 Å². The fourth-order valence-corrected chi connectivity index (χ4v) is 4.89. The molecule has 138 valence electrons. The SMILES string of the molecule is CCc1ccc(C(=O)NNC(=O)C23CCC(=O)N2c2ccccc2S3)cc1. The second kappa shape index (κ2) is 6.74. The number of hydrogen-bond acceptors (Lipinski definition) is 4. The molecule has 0 saturated carbocycles. The average molecular weight is 381 g/mol. The van der Waals surface area contributed by atoms with Crippen LogP contribution >= 0.6 is 11.8 Å². The first kappa shape index (κ1) is 17.6. The van der Waals surface area contributed by atoms with Crippen molar-refractivity contribution in [3.05, 3.63) is 59.7 Å². The number of rotatable bonds is 3. The lowest BCUT2D eigenvalue weighted by Crippen LogP contribution is -2.56. The molecular weight excluding hydrogens is 362 g/mol. The van der Waals surface area contributed by atoms with Crippen molar-refractivity contribution in [3.63, 3.8) is 0 Å².